The summed E-state index contributed by atoms with van der Waals surface area (Å²) in [6.45, 7) is 2.18. The van der Waals surface area contributed by atoms with Gasteiger partial charge in [-0.2, -0.15) is 0 Å². The number of rotatable bonds is 8. The van der Waals surface area contributed by atoms with Gasteiger partial charge in [0.05, 0.1) is 11.5 Å². The average Bonchev–Trinajstić information content (AvgIpc) is 3.26. The zero-order chi connectivity index (χ0) is 15.4. The fourth-order valence-electron chi connectivity index (χ4n) is 2.12. The zero-order valence-electron chi connectivity index (χ0n) is 11.8. The van der Waals surface area contributed by atoms with Gasteiger partial charge in [0, 0.05) is 23.9 Å². The molecule has 0 amide bonds. The van der Waals surface area contributed by atoms with Crippen LogP contribution in [0.15, 0.2) is 18.2 Å². The van der Waals surface area contributed by atoms with Crippen LogP contribution >= 0.6 is 0 Å². The molecule has 0 unspecified atom stereocenters. The fourth-order valence-corrected chi connectivity index (χ4v) is 2.12. The second-order valence-corrected chi connectivity index (χ2v) is 5.01. The molecule has 21 heavy (non-hydrogen) atoms. The molecule has 7 heteroatoms. The minimum absolute atomic E-state index is 0.0988. The lowest BCUT2D eigenvalue weighted by atomic mass is 10.2. The van der Waals surface area contributed by atoms with Crippen LogP contribution in [0.2, 0.25) is 0 Å². The Morgan fingerprint density at radius 1 is 1.52 bits per heavy atom. The number of hydrogen-bond donors (Lipinski definition) is 1. The van der Waals surface area contributed by atoms with E-state index in [1.165, 1.54) is 6.07 Å². The predicted octanol–water partition coefficient (Wildman–Crippen LogP) is 2.44. The third kappa shape index (κ3) is 3.84. The Bertz CT molecular complexity index is 542. The van der Waals surface area contributed by atoms with Gasteiger partial charge < -0.3 is 14.7 Å². The van der Waals surface area contributed by atoms with E-state index < -0.39 is 10.9 Å². The van der Waals surface area contributed by atoms with E-state index in [1.54, 1.807) is 17.0 Å². The number of carboxylic acid groups (broad SMARTS) is 1. The van der Waals surface area contributed by atoms with Crippen LogP contribution in [0.5, 0.6) is 5.75 Å². The van der Waals surface area contributed by atoms with Crippen LogP contribution in [0.25, 0.3) is 0 Å². The van der Waals surface area contributed by atoms with Gasteiger partial charge in [0.2, 0.25) is 0 Å². The molecule has 1 aliphatic carbocycles. The molecule has 0 spiro atoms. The first-order chi connectivity index (χ1) is 10.0. The van der Waals surface area contributed by atoms with Crippen molar-refractivity contribution in [3.05, 3.63) is 28.3 Å². The summed E-state index contributed by atoms with van der Waals surface area (Å²) in [5.41, 5.74) is 0.551. The minimum atomic E-state index is -0.920. The normalized spacial score (nSPS) is 13.8. The highest BCUT2D eigenvalue weighted by atomic mass is 16.6. The molecule has 0 aliphatic heterocycles. The van der Waals surface area contributed by atoms with Crippen molar-refractivity contribution in [2.24, 2.45) is 0 Å². The summed E-state index contributed by atoms with van der Waals surface area (Å²) in [5.74, 6) is -0.730. The first kappa shape index (κ1) is 15.1. The number of nitro benzene ring substituents is 1. The molecule has 1 aliphatic rings. The van der Waals surface area contributed by atoms with Crippen LogP contribution in [-0.2, 0) is 4.79 Å². The summed E-state index contributed by atoms with van der Waals surface area (Å²) < 4.78 is 5.43. The second-order valence-electron chi connectivity index (χ2n) is 5.01. The smallest absolute Gasteiger partial charge is 0.323 e. The number of nitro groups is 1. The van der Waals surface area contributed by atoms with Crippen LogP contribution in [-0.4, -0.2) is 35.2 Å². The lowest BCUT2D eigenvalue weighted by molar-refractivity contribution is -0.385. The molecule has 0 atom stereocenters. The Balaban J connectivity index is 2.29. The van der Waals surface area contributed by atoms with Crippen LogP contribution in [0.3, 0.4) is 0 Å². The third-order valence-electron chi connectivity index (χ3n) is 3.23. The van der Waals surface area contributed by atoms with Crippen LogP contribution < -0.4 is 9.64 Å². The van der Waals surface area contributed by atoms with Crippen molar-refractivity contribution >= 4 is 17.3 Å². The number of hydrogen-bond acceptors (Lipinski definition) is 5. The van der Waals surface area contributed by atoms with Gasteiger partial charge in [0.25, 0.3) is 0 Å². The van der Waals surface area contributed by atoms with Crippen LogP contribution in [0.1, 0.15) is 26.2 Å². The summed E-state index contributed by atoms with van der Waals surface area (Å²) in [7, 11) is 0. The lowest BCUT2D eigenvalue weighted by Crippen LogP contribution is -2.31. The first-order valence-electron chi connectivity index (χ1n) is 6.92. The van der Waals surface area contributed by atoms with Crippen molar-refractivity contribution in [3.8, 4) is 5.75 Å². The number of carbonyl (C=O) groups is 1. The van der Waals surface area contributed by atoms with Crippen molar-refractivity contribution < 1.29 is 19.6 Å². The molecule has 2 rings (SSSR count). The third-order valence-corrected chi connectivity index (χ3v) is 3.23. The van der Waals surface area contributed by atoms with Gasteiger partial charge >= 0.3 is 11.7 Å². The second kappa shape index (κ2) is 6.43. The van der Waals surface area contributed by atoms with Gasteiger partial charge in [-0.3, -0.25) is 14.9 Å². The predicted molar refractivity (Wildman–Crippen MR) is 76.9 cm³/mol. The summed E-state index contributed by atoms with van der Waals surface area (Å²) in [6.07, 6.45) is 2.62. The summed E-state index contributed by atoms with van der Waals surface area (Å²) in [5, 5.41) is 20.0. The molecule has 1 aromatic carbocycles. The molecule has 0 heterocycles. The number of ether oxygens (including phenoxy) is 1. The van der Waals surface area contributed by atoms with E-state index in [-0.39, 0.29) is 24.0 Å². The standard InChI is InChI=1S/C14H18N2O5/c1-2-7-21-13-8-11(5-6-12(13)16(19)20)15(9-14(17)18)10-3-4-10/h5-6,8,10H,2-4,7,9H2,1H3,(H,17,18). The van der Waals surface area contributed by atoms with E-state index in [0.29, 0.717) is 12.3 Å². The van der Waals surface area contributed by atoms with Gasteiger partial charge in [0.15, 0.2) is 5.75 Å². The zero-order valence-corrected chi connectivity index (χ0v) is 11.8. The Morgan fingerprint density at radius 3 is 2.76 bits per heavy atom. The van der Waals surface area contributed by atoms with Gasteiger partial charge in [0.1, 0.15) is 6.54 Å². The molecule has 114 valence electrons. The summed E-state index contributed by atoms with van der Waals surface area (Å²) >= 11 is 0. The molecule has 1 N–H and O–H groups in total. The number of carboxylic acids is 1. The Kier molecular flexibility index (Phi) is 4.62. The Hall–Kier alpha value is -2.31. The highest BCUT2D eigenvalue weighted by Crippen LogP contribution is 2.36. The molecule has 0 saturated heterocycles. The van der Waals surface area contributed by atoms with Crippen LogP contribution in [0, 0.1) is 10.1 Å². The van der Waals surface area contributed by atoms with Crippen molar-refractivity contribution in [1.82, 2.24) is 0 Å². The van der Waals surface area contributed by atoms with E-state index >= 15 is 0 Å². The quantitative estimate of drug-likeness (QED) is 0.584. The van der Waals surface area contributed by atoms with Gasteiger partial charge in [-0.15, -0.1) is 0 Å². The highest BCUT2D eigenvalue weighted by molar-refractivity contribution is 5.75. The van der Waals surface area contributed by atoms with E-state index in [2.05, 4.69) is 0 Å². The van der Waals surface area contributed by atoms with E-state index in [0.717, 1.165) is 19.3 Å². The highest BCUT2D eigenvalue weighted by Gasteiger charge is 2.31. The molecule has 1 fully saturated rings. The molecule has 0 bridgehead atoms. The topological polar surface area (TPSA) is 92.9 Å². The van der Waals surface area contributed by atoms with Gasteiger partial charge in [-0.25, -0.2) is 0 Å². The molecule has 1 saturated carbocycles. The largest absolute Gasteiger partial charge is 0.487 e. The van der Waals surface area contributed by atoms with E-state index in [9.17, 15) is 14.9 Å². The monoisotopic (exact) mass is 294 g/mol. The molecule has 7 nitrogen and oxygen atoms in total. The van der Waals surface area contributed by atoms with Crippen molar-refractivity contribution in [3.63, 3.8) is 0 Å². The summed E-state index contributed by atoms with van der Waals surface area (Å²) in [4.78, 5) is 23.2. The fraction of sp³-hybridized carbons (Fsp3) is 0.500. The number of aliphatic carboxylic acids is 1. The molecule has 0 aromatic heterocycles. The maximum atomic E-state index is 11.0. The average molecular weight is 294 g/mol. The minimum Gasteiger partial charge on any atom is -0.487 e. The van der Waals surface area contributed by atoms with E-state index in [4.69, 9.17) is 9.84 Å². The maximum absolute atomic E-state index is 11.0. The SMILES string of the molecule is CCCOc1cc(N(CC(=O)O)C2CC2)ccc1[N+](=O)[O-]. The number of nitrogens with zero attached hydrogens (tertiary/aromatic N) is 2. The van der Waals surface area contributed by atoms with E-state index in [1.807, 2.05) is 6.92 Å². The van der Waals surface area contributed by atoms with Crippen molar-refractivity contribution in [2.45, 2.75) is 32.2 Å². The van der Waals surface area contributed by atoms with Gasteiger partial charge in [-0.1, -0.05) is 6.92 Å². The molecule has 1 aromatic rings. The molecule has 0 radical (unpaired) electrons. The maximum Gasteiger partial charge on any atom is 0.323 e. The van der Waals surface area contributed by atoms with Crippen molar-refractivity contribution in [1.29, 1.82) is 0 Å². The lowest BCUT2D eigenvalue weighted by Gasteiger charge is -2.23. The molecular weight excluding hydrogens is 276 g/mol. The van der Waals surface area contributed by atoms with Crippen molar-refractivity contribution in [2.75, 3.05) is 18.1 Å². The summed E-state index contributed by atoms with van der Waals surface area (Å²) in [6, 6.07) is 4.71. The van der Waals surface area contributed by atoms with Crippen LogP contribution in [0.4, 0.5) is 11.4 Å². The Labute approximate surface area is 122 Å². The number of anilines is 1. The Morgan fingerprint density at radius 2 is 2.24 bits per heavy atom. The first-order valence-corrected chi connectivity index (χ1v) is 6.92. The molecular formula is C14H18N2O5. The number of benzene rings is 1. The van der Waals surface area contributed by atoms with Gasteiger partial charge in [-0.05, 0) is 25.3 Å².